The molecule has 0 aliphatic rings. The first-order valence-corrected chi connectivity index (χ1v) is 9.14. The van der Waals surface area contributed by atoms with Crippen LogP contribution in [0.2, 0.25) is 25.7 Å². The molecule has 0 saturated carbocycles. The Hall–Kier alpha value is -1.04. The minimum atomic E-state index is -1.16. The van der Waals surface area contributed by atoms with Gasteiger partial charge in [0.1, 0.15) is 0 Å². The van der Waals surface area contributed by atoms with Crippen molar-refractivity contribution in [2.45, 2.75) is 38.5 Å². The van der Waals surface area contributed by atoms with Crippen LogP contribution in [0.15, 0.2) is 0 Å². The van der Waals surface area contributed by atoms with Crippen molar-refractivity contribution >= 4 is 20.1 Å². The van der Waals surface area contributed by atoms with E-state index < -0.39 is 20.1 Å². The fraction of sp³-hybridized carbons (Fsp3) is 0.800. The zero-order valence-corrected chi connectivity index (χ0v) is 11.2. The molecule has 0 saturated heterocycles. The van der Waals surface area contributed by atoms with E-state index in [2.05, 4.69) is 25.0 Å². The van der Waals surface area contributed by atoms with Gasteiger partial charge >= 0.3 is 12.1 Å². The van der Waals surface area contributed by atoms with Gasteiger partial charge < -0.3 is 15.2 Å². The molecule has 0 spiro atoms. The molecule has 0 atom stereocenters. The lowest BCUT2D eigenvalue weighted by atomic mass is 10.3. The van der Waals surface area contributed by atoms with Crippen LogP contribution in [-0.2, 0) is 9.53 Å². The summed E-state index contributed by atoms with van der Waals surface area (Å²) in [6.07, 6.45) is 0.0387. The van der Waals surface area contributed by atoms with Crippen LogP contribution in [0.4, 0.5) is 4.79 Å². The molecule has 2 N–H and O–H groups in total. The van der Waals surface area contributed by atoms with Gasteiger partial charge in [-0.2, -0.15) is 0 Å². The van der Waals surface area contributed by atoms with E-state index in [4.69, 9.17) is 9.84 Å². The number of ether oxygens (including phenoxy) is 1. The van der Waals surface area contributed by atoms with Crippen molar-refractivity contribution in [3.63, 3.8) is 0 Å². The molecular formula is C10H21NO4Si. The average molecular weight is 247 g/mol. The summed E-state index contributed by atoms with van der Waals surface area (Å²) in [5.74, 6) is -0.853. The Morgan fingerprint density at radius 2 is 1.94 bits per heavy atom. The van der Waals surface area contributed by atoms with Crippen LogP contribution >= 0.6 is 0 Å². The van der Waals surface area contributed by atoms with E-state index in [1.54, 1.807) is 0 Å². The zero-order chi connectivity index (χ0) is 12.6. The second-order valence-electron chi connectivity index (χ2n) is 4.87. The number of rotatable bonds is 7. The smallest absolute Gasteiger partial charge is 0.407 e. The van der Waals surface area contributed by atoms with Gasteiger partial charge in [-0.05, 0) is 12.5 Å². The van der Waals surface area contributed by atoms with Gasteiger partial charge in [-0.1, -0.05) is 19.6 Å². The Bertz CT molecular complexity index is 237. The Morgan fingerprint density at radius 3 is 2.44 bits per heavy atom. The summed E-state index contributed by atoms with van der Waals surface area (Å²) >= 11 is 0. The summed E-state index contributed by atoms with van der Waals surface area (Å²) in [4.78, 5) is 21.3. The number of carbonyl (C=O) groups excluding carboxylic acids is 1. The third-order valence-electron chi connectivity index (χ3n) is 1.92. The Labute approximate surface area is 97.2 Å². The summed E-state index contributed by atoms with van der Waals surface area (Å²) in [6, 6.07) is 0.940. The topological polar surface area (TPSA) is 75.6 Å². The van der Waals surface area contributed by atoms with E-state index in [0.717, 1.165) is 6.04 Å². The molecule has 0 aromatic heterocycles. The largest absolute Gasteiger partial charge is 0.481 e. The van der Waals surface area contributed by atoms with Gasteiger partial charge in [-0.25, -0.2) is 4.79 Å². The second-order valence-corrected chi connectivity index (χ2v) is 10.5. The number of hydrogen-bond acceptors (Lipinski definition) is 3. The van der Waals surface area contributed by atoms with Gasteiger partial charge in [0.25, 0.3) is 0 Å². The molecule has 6 heteroatoms. The molecule has 0 aromatic carbocycles. The molecular weight excluding hydrogens is 226 g/mol. The lowest BCUT2D eigenvalue weighted by Gasteiger charge is -2.15. The highest BCUT2D eigenvalue weighted by Gasteiger charge is 2.13. The van der Waals surface area contributed by atoms with Crippen molar-refractivity contribution in [2.75, 3.05) is 13.2 Å². The van der Waals surface area contributed by atoms with E-state index >= 15 is 0 Å². The third kappa shape index (κ3) is 11.0. The number of nitrogens with one attached hydrogen (secondary N) is 1. The normalized spacial score (nSPS) is 10.9. The Kier molecular flexibility index (Phi) is 6.79. The fourth-order valence-corrected chi connectivity index (χ4v) is 1.65. The fourth-order valence-electron chi connectivity index (χ4n) is 0.931. The molecule has 0 radical (unpaired) electrons. The van der Waals surface area contributed by atoms with Gasteiger partial charge in [-0.3, -0.25) is 4.79 Å². The first-order chi connectivity index (χ1) is 7.31. The summed E-state index contributed by atoms with van der Waals surface area (Å²) < 4.78 is 4.96. The molecule has 94 valence electrons. The number of alkyl carbamates (subject to hydrolysis) is 1. The van der Waals surface area contributed by atoms with E-state index in [9.17, 15) is 9.59 Å². The maximum absolute atomic E-state index is 11.1. The number of hydrogen-bond donors (Lipinski definition) is 2. The molecule has 16 heavy (non-hydrogen) atoms. The third-order valence-corrected chi connectivity index (χ3v) is 3.63. The molecule has 0 heterocycles. The highest BCUT2D eigenvalue weighted by atomic mass is 28.3. The molecule has 0 bridgehead atoms. The van der Waals surface area contributed by atoms with Gasteiger partial charge in [-0.15, -0.1) is 0 Å². The molecule has 0 aromatic rings. The molecule has 0 rings (SSSR count). The molecule has 0 aliphatic carbocycles. The summed E-state index contributed by atoms with van der Waals surface area (Å²) in [5.41, 5.74) is 0. The van der Waals surface area contributed by atoms with Gasteiger partial charge in [0.15, 0.2) is 0 Å². The van der Waals surface area contributed by atoms with Crippen LogP contribution in [0.1, 0.15) is 12.8 Å². The number of aliphatic carboxylic acids is 1. The van der Waals surface area contributed by atoms with Crippen LogP contribution < -0.4 is 5.32 Å². The number of carboxylic acid groups (broad SMARTS) is 1. The van der Waals surface area contributed by atoms with Gasteiger partial charge in [0, 0.05) is 21.0 Å². The highest BCUT2D eigenvalue weighted by Crippen LogP contribution is 2.07. The minimum absolute atomic E-state index is 0.0647. The van der Waals surface area contributed by atoms with Crippen LogP contribution in [0.5, 0.6) is 0 Å². The average Bonchev–Trinajstić information content (AvgIpc) is 2.10. The monoisotopic (exact) mass is 247 g/mol. The highest BCUT2D eigenvalue weighted by molar-refractivity contribution is 6.76. The van der Waals surface area contributed by atoms with Crippen molar-refractivity contribution in [3.05, 3.63) is 0 Å². The first kappa shape index (κ1) is 15.0. The number of amides is 1. The van der Waals surface area contributed by atoms with E-state index in [-0.39, 0.29) is 6.42 Å². The van der Waals surface area contributed by atoms with Crippen molar-refractivity contribution in [2.24, 2.45) is 0 Å². The minimum Gasteiger partial charge on any atom is -0.481 e. The second kappa shape index (κ2) is 7.27. The molecule has 1 amide bonds. The Morgan fingerprint density at radius 1 is 1.31 bits per heavy atom. The summed E-state index contributed by atoms with van der Waals surface area (Å²) in [6.45, 7) is 7.42. The maximum Gasteiger partial charge on any atom is 0.407 e. The van der Waals surface area contributed by atoms with Crippen LogP contribution in [0.3, 0.4) is 0 Å². The van der Waals surface area contributed by atoms with Crippen LogP contribution in [0.25, 0.3) is 0 Å². The standard InChI is InChI=1S/C10H21NO4Si/c1-16(2,3)8-7-15-10(14)11-6-4-5-9(12)13/h4-8H2,1-3H3,(H,11,14)(H,12,13). The lowest BCUT2D eigenvalue weighted by Crippen LogP contribution is -2.28. The predicted molar refractivity (Wildman–Crippen MR) is 64.4 cm³/mol. The molecule has 0 aliphatic heterocycles. The first-order valence-electron chi connectivity index (χ1n) is 5.44. The summed E-state index contributed by atoms with van der Waals surface area (Å²) in [5, 5.41) is 10.9. The molecule has 0 fully saturated rings. The maximum atomic E-state index is 11.1. The SMILES string of the molecule is C[Si](C)(C)CCOC(=O)NCCCC(=O)O. The van der Waals surface area contributed by atoms with Crippen molar-refractivity contribution < 1.29 is 19.4 Å². The summed E-state index contributed by atoms with van der Waals surface area (Å²) in [7, 11) is -1.16. The van der Waals surface area contributed by atoms with E-state index in [0.29, 0.717) is 19.6 Å². The quantitative estimate of drug-likeness (QED) is 0.532. The number of carboxylic acids is 1. The molecule has 5 nitrogen and oxygen atoms in total. The van der Waals surface area contributed by atoms with Crippen molar-refractivity contribution in [3.8, 4) is 0 Å². The van der Waals surface area contributed by atoms with Crippen molar-refractivity contribution in [1.29, 1.82) is 0 Å². The Balaban J connectivity index is 3.42. The lowest BCUT2D eigenvalue weighted by molar-refractivity contribution is -0.137. The van der Waals surface area contributed by atoms with Gasteiger partial charge in [0.05, 0.1) is 6.61 Å². The zero-order valence-electron chi connectivity index (χ0n) is 10.2. The predicted octanol–water partition coefficient (Wildman–Crippen LogP) is 1.92. The van der Waals surface area contributed by atoms with Gasteiger partial charge in [0.2, 0.25) is 0 Å². The van der Waals surface area contributed by atoms with E-state index in [1.165, 1.54) is 0 Å². The van der Waals surface area contributed by atoms with Crippen LogP contribution in [-0.4, -0.2) is 38.4 Å². The molecule has 0 unspecified atom stereocenters. The van der Waals surface area contributed by atoms with Crippen molar-refractivity contribution in [1.82, 2.24) is 5.32 Å². The number of carbonyl (C=O) groups is 2. The van der Waals surface area contributed by atoms with E-state index in [1.807, 2.05) is 0 Å². The van der Waals surface area contributed by atoms with Crippen LogP contribution in [0, 0.1) is 0 Å².